The molecule has 0 fully saturated rings. The fraction of sp³-hybridized carbons (Fsp3) is 0.176. The Kier molecular flexibility index (Phi) is 4.81. The lowest BCUT2D eigenvalue weighted by Gasteiger charge is -2.09. The molecule has 0 aliphatic carbocycles. The summed E-state index contributed by atoms with van der Waals surface area (Å²) in [5.41, 5.74) is 1.29. The summed E-state index contributed by atoms with van der Waals surface area (Å²) in [7, 11) is 1.53. The lowest BCUT2D eigenvalue weighted by atomic mass is 10.2. The van der Waals surface area contributed by atoms with Crippen LogP contribution >= 0.6 is 0 Å². The molecule has 1 N–H and O–H groups in total. The Morgan fingerprint density at radius 1 is 1.17 bits per heavy atom. The van der Waals surface area contributed by atoms with E-state index in [9.17, 15) is 4.79 Å². The first-order valence-corrected chi connectivity index (χ1v) is 7.48. The third-order valence-corrected chi connectivity index (χ3v) is 3.46. The van der Waals surface area contributed by atoms with Gasteiger partial charge in [-0.05, 0) is 18.2 Å². The van der Waals surface area contributed by atoms with E-state index in [1.807, 2.05) is 29.0 Å². The second-order valence-corrected chi connectivity index (χ2v) is 5.00. The molecule has 0 bridgehead atoms. The van der Waals surface area contributed by atoms with Crippen molar-refractivity contribution in [1.29, 1.82) is 0 Å². The van der Waals surface area contributed by atoms with Crippen molar-refractivity contribution in [2.45, 2.75) is 6.54 Å². The van der Waals surface area contributed by atoms with Gasteiger partial charge in [0, 0.05) is 43.9 Å². The van der Waals surface area contributed by atoms with Crippen molar-refractivity contribution in [3.63, 3.8) is 0 Å². The number of hydrogen-bond donors (Lipinski definition) is 1. The molecule has 0 atom stereocenters. The molecule has 0 saturated heterocycles. The van der Waals surface area contributed by atoms with Crippen LogP contribution < -0.4 is 10.1 Å². The van der Waals surface area contributed by atoms with Crippen LogP contribution in [-0.4, -0.2) is 39.1 Å². The highest BCUT2D eigenvalue weighted by Crippen LogP contribution is 2.13. The smallest absolute Gasteiger partial charge is 0.252 e. The Hall–Kier alpha value is -3.22. The van der Waals surface area contributed by atoms with Crippen LogP contribution in [-0.2, 0) is 6.54 Å². The highest BCUT2D eigenvalue weighted by molar-refractivity contribution is 5.93. The number of methoxy groups -OCH3 is 1. The highest BCUT2D eigenvalue weighted by atomic mass is 16.5. The number of ether oxygens (including phenoxy) is 1. The zero-order valence-electron chi connectivity index (χ0n) is 13.2. The average Bonchev–Trinajstić information content (AvgIpc) is 3.11. The normalized spacial score (nSPS) is 10.4. The first-order valence-electron chi connectivity index (χ1n) is 7.48. The lowest BCUT2D eigenvalue weighted by Crippen LogP contribution is -2.27. The maximum absolute atomic E-state index is 12.1. The van der Waals surface area contributed by atoms with Gasteiger partial charge < -0.3 is 14.6 Å². The predicted octanol–water partition coefficient (Wildman–Crippen LogP) is 1.78. The van der Waals surface area contributed by atoms with Gasteiger partial charge in [-0.2, -0.15) is 0 Å². The molecule has 0 aliphatic rings. The van der Waals surface area contributed by atoms with E-state index in [1.54, 1.807) is 24.5 Å². The first kappa shape index (κ1) is 15.7. The average molecular weight is 323 g/mol. The number of carbonyl (C=O) groups is 1. The van der Waals surface area contributed by atoms with E-state index < -0.39 is 0 Å². The zero-order valence-corrected chi connectivity index (χ0v) is 13.2. The Bertz CT molecular complexity index is 799. The Morgan fingerprint density at radius 2 is 2.08 bits per heavy atom. The minimum Gasteiger partial charge on any atom is -0.481 e. The molecule has 3 aromatic rings. The Balaban J connectivity index is 1.59. The van der Waals surface area contributed by atoms with Crippen molar-refractivity contribution >= 4 is 5.91 Å². The summed E-state index contributed by atoms with van der Waals surface area (Å²) in [6, 6.07) is 9.02. The van der Waals surface area contributed by atoms with Gasteiger partial charge in [-0.3, -0.25) is 9.78 Å². The van der Waals surface area contributed by atoms with Crippen LogP contribution in [0.1, 0.15) is 10.4 Å². The van der Waals surface area contributed by atoms with Gasteiger partial charge in [0.1, 0.15) is 5.69 Å². The third-order valence-electron chi connectivity index (χ3n) is 3.46. The van der Waals surface area contributed by atoms with E-state index in [2.05, 4.69) is 20.3 Å². The van der Waals surface area contributed by atoms with Crippen LogP contribution in [0.4, 0.5) is 0 Å². The maximum atomic E-state index is 12.1. The molecule has 0 aromatic carbocycles. The van der Waals surface area contributed by atoms with Crippen LogP contribution in [0.25, 0.3) is 11.5 Å². The van der Waals surface area contributed by atoms with Gasteiger partial charge in [-0.1, -0.05) is 6.07 Å². The zero-order chi connectivity index (χ0) is 16.8. The van der Waals surface area contributed by atoms with Crippen LogP contribution in [0.5, 0.6) is 5.88 Å². The minimum absolute atomic E-state index is 0.176. The number of imidazole rings is 1. The van der Waals surface area contributed by atoms with Gasteiger partial charge >= 0.3 is 0 Å². The summed E-state index contributed by atoms with van der Waals surface area (Å²) in [6.07, 6.45) is 6.81. The molecule has 0 unspecified atom stereocenters. The van der Waals surface area contributed by atoms with Gasteiger partial charge in [0.2, 0.25) is 5.88 Å². The SMILES string of the molecule is COc1ccc(C(=O)NCCn2ccnc2-c2ccccn2)cn1. The van der Waals surface area contributed by atoms with E-state index in [4.69, 9.17) is 4.74 Å². The van der Waals surface area contributed by atoms with E-state index in [0.29, 0.717) is 24.5 Å². The molecule has 0 radical (unpaired) electrons. The lowest BCUT2D eigenvalue weighted by molar-refractivity contribution is 0.0952. The van der Waals surface area contributed by atoms with Gasteiger partial charge in [0.15, 0.2) is 5.82 Å². The number of aromatic nitrogens is 4. The topological polar surface area (TPSA) is 81.9 Å². The van der Waals surface area contributed by atoms with Crippen molar-refractivity contribution in [2.75, 3.05) is 13.7 Å². The summed E-state index contributed by atoms with van der Waals surface area (Å²) >= 11 is 0. The molecule has 3 aromatic heterocycles. The fourth-order valence-electron chi connectivity index (χ4n) is 2.25. The Morgan fingerprint density at radius 3 is 2.79 bits per heavy atom. The van der Waals surface area contributed by atoms with E-state index in [1.165, 1.54) is 13.3 Å². The maximum Gasteiger partial charge on any atom is 0.252 e. The molecule has 24 heavy (non-hydrogen) atoms. The molecule has 0 aliphatic heterocycles. The van der Waals surface area contributed by atoms with Crippen LogP contribution in [0.15, 0.2) is 55.1 Å². The van der Waals surface area contributed by atoms with E-state index in [0.717, 1.165) is 11.5 Å². The summed E-state index contributed by atoms with van der Waals surface area (Å²) in [5, 5.41) is 2.86. The molecular formula is C17H17N5O2. The standard InChI is InChI=1S/C17H17N5O2/c1-24-15-6-5-13(12-21-15)17(23)20-9-11-22-10-8-19-16(22)14-4-2-3-7-18-14/h2-8,10,12H,9,11H2,1H3,(H,20,23). The van der Waals surface area contributed by atoms with Gasteiger partial charge in [-0.15, -0.1) is 0 Å². The molecule has 7 nitrogen and oxygen atoms in total. The van der Waals surface area contributed by atoms with Crippen molar-refractivity contribution in [3.05, 3.63) is 60.7 Å². The van der Waals surface area contributed by atoms with Gasteiger partial charge in [0.05, 0.1) is 12.7 Å². The molecule has 1 amide bonds. The Labute approximate surface area is 139 Å². The number of nitrogens with zero attached hydrogens (tertiary/aromatic N) is 4. The molecule has 3 heterocycles. The summed E-state index contributed by atoms with van der Waals surface area (Å²) in [4.78, 5) is 24.7. The second-order valence-electron chi connectivity index (χ2n) is 5.00. The fourth-order valence-corrected chi connectivity index (χ4v) is 2.25. The number of hydrogen-bond acceptors (Lipinski definition) is 5. The summed E-state index contributed by atoms with van der Waals surface area (Å²) in [6.45, 7) is 1.07. The minimum atomic E-state index is -0.176. The molecular weight excluding hydrogens is 306 g/mol. The largest absolute Gasteiger partial charge is 0.481 e. The number of rotatable bonds is 6. The van der Waals surface area contributed by atoms with Crippen molar-refractivity contribution < 1.29 is 9.53 Å². The molecule has 0 saturated carbocycles. The van der Waals surface area contributed by atoms with Crippen LogP contribution in [0, 0.1) is 0 Å². The first-order chi connectivity index (χ1) is 11.8. The summed E-state index contributed by atoms with van der Waals surface area (Å²) in [5.74, 6) is 1.07. The van der Waals surface area contributed by atoms with Crippen LogP contribution in [0.2, 0.25) is 0 Å². The quantitative estimate of drug-likeness (QED) is 0.748. The number of nitrogens with one attached hydrogen (secondary N) is 1. The number of amides is 1. The predicted molar refractivity (Wildman–Crippen MR) is 88.6 cm³/mol. The molecule has 122 valence electrons. The van der Waals surface area contributed by atoms with Crippen molar-refractivity contribution in [2.24, 2.45) is 0 Å². The van der Waals surface area contributed by atoms with Gasteiger partial charge in [0.25, 0.3) is 5.91 Å². The molecule has 3 rings (SSSR count). The van der Waals surface area contributed by atoms with Crippen LogP contribution in [0.3, 0.4) is 0 Å². The monoisotopic (exact) mass is 323 g/mol. The van der Waals surface area contributed by atoms with Gasteiger partial charge in [-0.25, -0.2) is 9.97 Å². The van der Waals surface area contributed by atoms with Crippen molar-refractivity contribution in [1.82, 2.24) is 24.8 Å². The van der Waals surface area contributed by atoms with E-state index >= 15 is 0 Å². The van der Waals surface area contributed by atoms with Crippen molar-refractivity contribution in [3.8, 4) is 17.4 Å². The second kappa shape index (κ2) is 7.36. The molecule has 7 heteroatoms. The third kappa shape index (κ3) is 3.57. The highest BCUT2D eigenvalue weighted by Gasteiger charge is 2.08. The number of carbonyl (C=O) groups excluding carboxylic acids is 1. The van der Waals surface area contributed by atoms with E-state index in [-0.39, 0.29) is 5.91 Å². The summed E-state index contributed by atoms with van der Waals surface area (Å²) < 4.78 is 6.93. The number of pyridine rings is 2. The molecule has 0 spiro atoms.